The van der Waals surface area contributed by atoms with E-state index in [0.717, 1.165) is 69.0 Å². The molecule has 2 amide bonds. The van der Waals surface area contributed by atoms with Crippen molar-refractivity contribution >= 4 is 17.5 Å². The number of hydrogen-bond acceptors (Lipinski definition) is 4. The van der Waals surface area contributed by atoms with Gasteiger partial charge in [-0.25, -0.2) is 0 Å². The second-order valence-corrected chi connectivity index (χ2v) is 10.8. The summed E-state index contributed by atoms with van der Waals surface area (Å²) in [5.41, 5.74) is 3.33. The first-order valence-electron chi connectivity index (χ1n) is 14.6. The minimum absolute atomic E-state index is 0.123. The first kappa shape index (κ1) is 28.2. The van der Waals surface area contributed by atoms with Crippen molar-refractivity contribution in [1.82, 2.24) is 9.80 Å². The first-order valence-corrected chi connectivity index (χ1v) is 14.6. The third-order valence-corrected chi connectivity index (χ3v) is 8.04. The van der Waals surface area contributed by atoms with E-state index in [1.54, 1.807) is 6.92 Å². The van der Waals surface area contributed by atoms with Crippen LogP contribution in [-0.2, 0) is 22.6 Å². The van der Waals surface area contributed by atoms with Crippen molar-refractivity contribution in [3.63, 3.8) is 0 Å². The Labute approximate surface area is 228 Å². The normalized spacial score (nSPS) is 18.6. The zero-order valence-corrected chi connectivity index (χ0v) is 23.4. The maximum atomic E-state index is 13.1. The van der Waals surface area contributed by atoms with E-state index in [2.05, 4.69) is 23.1 Å². The van der Waals surface area contributed by atoms with Crippen LogP contribution in [0, 0.1) is 0 Å². The van der Waals surface area contributed by atoms with Crippen LogP contribution in [0.2, 0.25) is 0 Å². The van der Waals surface area contributed by atoms with Gasteiger partial charge in [-0.1, -0.05) is 56.0 Å². The van der Waals surface area contributed by atoms with E-state index in [4.69, 9.17) is 4.74 Å². The van der Waals surface area contributed by atoms with E-state index in [1.807, 2.05) is 47.1 Å². The second kappa shape index (κ2) is 14.3. The maximum Gasteiger partial charge on any atom is 0.226 e. The number of anilines is 1. The van der Waals surface area contributed by atoms with Crippen LogP contribution in [0.1, 0.15) is 76.3 Å². The van der Waals surface area contributed by atoms with E-state index < -0.39 is 0 Å². The number of nitrogens with zero attached hydrogens (tertiary/aromatic N) is 3. The van der Waals surface area contributed by atoms with Crippen LogP contribution in [0.3, 0.4) is 0 Å². The third-order valence-electron chi connectivity index (χ3n) is 8.04. The summed E-state index contributed by atoms with van der Waals surface area (Å²) < 4.78 is 5.52. The molecular weight excluding hydrogens is 474 g/mol. The fraction of sp³-hybridized carbons (Fsp3) is 0.562. The average molecular weight is 520 g/mol. The highest BCUT2D eigenvalue weighted by Gasteiger charge is 2.28. The molecule has 38 heavy (non-hydrogen) atoms. The zero-order chi connectivity index (χ0) is 26.7. The van der Waals surface area contributed by atoms with E-state index >= 15 is 0 Å². The summed E-state index contributed by atoms with van der Waals surface area (Å²) in [5, 5.41) is 0. The van der Waals surface area contributed by atoms with Crippen LogP contribution in [0.4, 0.5) is 5.69 Å². The number of fused-ring (bicyclic) bond motifs is 1. The summed E-state index contributed by atoms with van der Waals surface area (Å²) in [6, 6.07) is 16.8. The summed E-state index contributed by atoms with van der Waals surface area (Å²) in [6.45, 7) is 8.62. The van der Waals surface area contributed by atoms with Crippen LogP contribution >= 0.6 is 0 Å². The van der Waals surface area contributed by atoms with Gasteiger partial charge in [0.1, 0.15) is 5.75 Å². The molecule has 0 spiro atoms. The molecule has 2 heterocycles. The molecular formula is C32H45N3O3. The second-order valence-electron chi connectivity index (χ2n) is 10.8. The van der Waals surface area contributed by atoms with E-state index in [9.17, 15) is 9.59 Å². The van der Waals surface area contributed by atoms with Crippen molar-refractivity contribution in [2.24, 2.45) is 0 Å². The molecule has 4 rings (SSSR count). The fourth-order valence-electron chi connectivity index (χ4n) is 5.89. The lowest BCUT2D eigenvalue weighted by atomic mass is 10.00. The maximum absolute atomic E-state index is 13.1. The Kier molecular flexibility index (Phi) is 10.6. The van der Waals surface area contributed by atoms with Gasteiger partial charge in [-0.15, -0.1) is 0 Å². The Balaban J connectivity index is 1.40. The summed E-state index contributed by atoms with van der Waals surface area (Å²) >= 11 is 0. The molecule has 6 nitrogen and oxygen atoms in total. The quantitative estimate of drug-likeness (QED) is 0.499. The van der Waals surface area contributed by atoms with Crippen LogP contribution in [0.15, 0.2) is 48.5 Å². The number of rotatable bonds is 5. The van der Waals surface area contributed by atoms with Crippen molar-refractivity contribution in [2.45, 2.75) is 84.2 Å². The lowest BCUT2D eigenvalue weighted by molar-refractivity contribution is -0.132. The molecule has 206 valence electrons. The topological polar surface area (TPSA) is 53.1 Å². The largest absolute Gasteiger partial charge is 0.494 e. The van der Waals surface area contributed by atoms with Crippen LogP contribution in [-0.4, -0.2) is 60.4 Å². The first-order chi connectivity index (χ1) is 18.5. The molecule has 2 aromatic rings. The molecule has 2 aliphatic rings. The number of hydrogen-bond donors (Lipinski definition) is 0. The highest BCUT2D eigenvalue weighted by Crippen LogP contribution is 2.27. The van der Waals surface area contributed by atoms with E-state index in [-0.39, 0.29) is 11.8 Å². The number of benzene rings is 2. The van der Waals surface area contributed by atoms with Gasteiger partial charge < -0.3 is 14.5 Å². The SMILES string of the molecule is CCOc1ccc(CC(=O)N2CCC(N3CCCCCCCCN(C(C)=O)c4ccccc4C3)CC2)cc1. The van der Waals surface area contributed by atoms with Crippen molar-refractivity contribution in [3.8, 4) is 5.75 Å². The van der Waals surface area contributed by atoms with E-state index in [1.165, 1.54) is 37.7 Å². The third kappa shape index (κ3) is 7.83. The van der Waals surface area contributed by atoms with Gasteiger partial charge in [0.2, 0.25) is 11.8 Å². The molecule has 2 aliphatic heterocycles. The van der Waals surface area contributed by atoms with Crippen LogP contribution in [0.25, 0.3) is 0 Å². The molecule has 2 aromatic carbocycles. The van der Waals surface area contributed by atoms with Gasteiger partial charge >= 0.3 is 0 Å². The van der Waals surface area contributed by atoms with Gasteiger partial charge in [0.05, 0.1) is 13.0 Å². The predicted octanol–water partition coefficient (Wildman–Crippen LogP) is 5.83. The number of likely N-dealkylation sites (tertiary alicyclic amines) is 1. The molecule has 1 saturated heterocycles. The van der Waals surface area contributed by atoms with Crippen molar-refractivity contribution in [3.05, 3.63) is 59.7 Å². The molecule has 6 heteroatoms. The smallest absolute Gasteiger partial charge is 0.226 e. The van der Waals surface area contributed by atoms with E-state index in [0.29, 0.717) is 19.1 Å². The van der Waals surface area contributed by atoms with Crippen molar-refractivity contribution in [1.29, 1.82) is 0 Å². The molecule has 0 aliphatic carbocycles. The number of piperidine rings is 1. The zero-order valence-electron chi connectivity index (χ0n) is 23.4. The Hall–Kier alpha value is -2.86. The molecule has 0 N–H and O–H groups in total. The minimum atomic E-state index is 0.123. The van der Waals surface area contributed by atoms with Gasteiger partial charge in [-0.3, -0.25) is 14.5 Å². The highest BCUT2D eigenvalue weighted by atomic mass is 16.5. The lowest BCUT2D eigenvalue weighted by Gasteiger charge is -2.39. The van der Waals surface area contributed by atoms with Gasteiger partial charge in [-0.2, -0.15) is 0 Å². The molecule has 0 saturated carbocycles. The molecule has 0 aromatic heterocycles. The molecule has 1 fully saturated rings. The van der Waals surface area contributed by atoms with Crippen LogP contribution < -0.4 is 9.64 Å². The lowest BCUT2D eigenvalue weighted by Crippen LogP contribution is -2.47. The average Bonchev–Trinajstić information content (AvgIpc) is 2.94. The van der Waals surface area contributed by atoms with Crippen LogP contribution in [0.5, 0.6) is 5.75 Å². The summed E-state index contributed by atoms with van der Waals surface area (Å²) in [4.78, 5) is 32.3. The Bertz CT molecular complexity index is 1030. The predicted molar refractivity (Wildman–Crippen MR) is 153 cm³/mol. The van der Waals surface area contributed by atoms with Crippen molar-refractivity contribution < 1.29 is 14.3 Å². The number of para-hydroxylation sites is 1. The monoisotopic (exact) mass is 519 g/mol. The molecule has 0 radical (unpaired) electrons. The molecule has 0 atom stereocenters. The summed E-state index contributed by atoms with van der Waals surface area (Å²) in [6.07, 6.45) is 9.63. The Morgan fingerprint density at radius 1 is 0.842 bits per heavy atom. The van der Waals surface area contributed by atoms with Gasteiger partial charge in [0, 0.05) is 44.8 Å². The number of ether oxygens (including phenoxy) is 1. The summed E-state index contributed by atoms with van der Waals surface area (Å²) in [5.74, 6) is 1.18. The fourth-order valence-corrected chi connectivity index (χ4v) is 5.89. The van der Waals surface area contributed by atoms with Crippen molar-refractivity contribution in [2.75, 3.05) is 37.7 Å². The minimum Gasteiger partial charge on any atom is -0.494 e. The Morgan fingerprint density at radius 2 is 1.50 bits per heavy atom. The molecule has 0 unspecified atom stereocenters. The number of carbonyl (C=O) groups is 2. The molecule has 0 bridgehead atoms. The van der Waals surface area contributed by atoms with Gasteiger partial charge in [-0.05, 0) is 68.5 Å². The number of carbonyl (C=O) groups excluding carboxylic acids is 2. The standard InChI is InChI=1S/C32H45N3O3/c1-3-38-30-16-14-27(15-17-30)24-32(37)33-22-18-29(19-23-33)34-20-10-6-4-5-7-11-21-35(26(2)36)31-13-9-8-12-28(31)25-34/h8-9,12-17,29H,3-7,10-11,18-25H2,1-2H3. The highest BCUT2D eigenvalue weighted by molar-refractivity contribution is 5.92. The van der Waals surface area contributed by atoms with Gasteiger partial charge in [0.25, 0.3) is 0 Å². The number of amides is 2. The Morgan fingerprint density at radius 3 is 2.18 bits per heavy atom. The van der Waals surface area contributed by atoms with Gasteiger partial charge in [0.15, 0.2) is 0 Å². The summed E-state index contributed by atoms with van der Waals surface area (Å²) in [7, 11) is 0.